The SMILES string of the molecule is Cc1cnn(CC(=O)NC2CCN(C)C2c2ccc(Cl)cc2)c1. The van der Waals surface area contributed by atoms with Gasteiger partial charge in [0.05, 0.1) is 12.2 Å². The Labute approximate surface area is 141 Å². The van der Waals surface area contributed by atoms with Crippen molar-refractivity contribution >= 4 is 17.5 Å². The Morgan fingerprint density at radius 2 is 2.13 bits per heavy atom. The molecule has 2 atom stereocenters. The van der Waals surface area contributed by atoms with E-state index in [4.69, 9.17) is 11.6 Å². The van der Waals surface area contributed by atoms with Crippen LogP contribution in [0, 0.1) is 6.92 Å². The summed E-state index contributed by atoms with van der Waals surface area (Å²) in [7, 11) is 2.09. The summed E-state index contributed by atoms with van der Waals surface area (Å²) in [5.74, 6) is -0.00707. The van der Waals surface area contributed by atoms with Crippen LogP contribution < -0.4 is 5.32 Å². The van der Waals surface area contributed by atoms with Gasteiger partial charge >= 0.3 is 0 Å². The van der Waals surface area contributed by atoms with Crippen LogP contribution in [0.25, 0.3) is 0 Å². The van der Waals surface area contributed by atoms with E-state index in [1.54, 1.807) is 10.9 Å². The third-order valence-corrected chi connectivity index (χ3v) is 4.53. The molecule has 23 heavy (non-hydrogen) atoms. The molecular weight excluding hydrogens is 312 g/mol. The number of nitrogens with one attached hydrogen (secondary N) is 1. The Morgan fingerprint density at radius 3 is 2.78 bits per heavy atom. The van der Waals surface area contributed by atoms with Crippen molar-refractivity contribution in [2.75, 3.05) is 13.6 Å². The van der Waals surface area contributed by atoms with Crippen molar-refractivity contribution in [1.29, 1.82) is 0 Å². The summed E-state index contributed by atoms with van der Waals surface area (Å²) in [5.41, 5.74) is 2.23. The molecule has 0 radical (unpaired) electrons. The molecule has 6 heteroatoms. The van der Waals surface area contributed by atoms with E-state index in [9.17, 15) is 4.79 Å². The van der Waals surface area contributed by atoms with Gasteiger partial charge in [0.15, 0.2) is 0 Å². The molecule has 1 aliphatic rings. The van der Waals surface area contributed by atoms with Crippen LogP contribution in [0.15, 0.2) is 36.7 Å². The van der Waals surface area contributed by atoms with E-state index in [1.165, 1.54) is 5.56 Å². The molecule has 1 fully saturated rings. The number of benzene rings is 1. The number of hydrogen-bond donors (Lipinski definition) is 1. The Kier molecular flexibility index (Phi) is 4.68. The fraction of sp³-hybridized carbons (Fsp3) is 0.412. The van der Waals surface area contributed by atoms with Gasteiger partial charge in [0.25, 0.3) is 0 Å². The fourth-order valence-corrected chi connectivity index (χ4v) is 3.32. The molecule has 3 rings (SSSR count). The van der Waals surface area contributed by atoms with Gasteiger partial charge in [-0.1, -0.05) is 23.7 Å². The average Bonchev–Trinajstić information content (AvgIpc) is 3.06. The van der Waals surface area contributed by atoms with E-state index in [0.29, 0.717) is 0 Å². The van der Waals surface area contributed by atoms with Gasteiger partial charge in [-0.05, 0) is 43.7 Å². The number of carbonyl (C=O) groups is 1. The minimum Gasteiger partial charge on any atom is -0.350 e. The summed E-state index contributed by atoms with van der Waals surface area (Å²) in [5, 5.41) is 8.04. The maximum atomic E-state index is 12.3. The largest absolute Gasteiger partial charge is 0.350 e. The molecule has 1 aliphatic heterocycles. The van der Waals surface area contributed by atoms with Crippen LogP contribution in [0.4, 0.5) is 0 Å². The second kappa shape index (κ2) is 6.72. The Balaban J connectivity index is 1.68. The molecule has 1 aromatic carbocycles. The van der Waals surface area contributed by atoms with Crippen molar-refractivity contribution in [1.82, 2.24) is 20.0 Å². The van der Waals surface area contributed by atoms with E-state index in [1.807, 2.05) is 37.4 Å². The van der Waals surface area contributed by atoms with E-state index >= 15 is 0 Å². The van der Waals surface area contributed by atoms with E-state index in [0.717, 1.165) is 23.6 Å². The number of nitrogens with zero attached hydrogens (tertiary/aromatic N) is 3. The van der Waals surface area contributed by atoms with Crippen LogP contribution in [0.1, 0.15) is 23.6 Å². The highest BCUT2D eigenvalue weighted by molar-refractivity contribution is 6.30. The first-order valence-electron chi connectivity index (χ1n) is 7.77. The standard InChI is InChI=1S/C17H21ClN4O/c1-12-9-19-22(10-12)11-16(23)20-15-7-8-21(2)17(15)13-3-5-14(18)6-4-13/h3-6,9-10,15,17H,7-8,11H2,1-2H3,(H,20,23). The zero-order chi connectivity index (χ0) is 16.4. The second-order valence-electron chi connectivity index (χ2n) is 6.15. The van der Waals surface area contributed by atoms with E-state index in [-0.39, 0.29) is 24.5 Å². The Morgan fingerprint density at radius 1 is 1.39 bits per heavy atom. The summed E-state index contributed by atoms with van der Waals surface area (Å²) in [6.45, 7) is 3.17. The summed E-state index contributed by atoms with van der Waals surface area (Å²) >= 11 is 5.97. The number of likely N-dealkylation sites (tertiary alicyclic amines) is 1. The number of aromatic nitrogens is 2. The number of rotatable bonds is 4. The summed E-state index contributed by atoms with van der Waals surface area (Å²) in [6, 6.07) is 8.14. The Hall–Kier alpha value is -1.85. The van der Waals surface area contributed by atoms with Gasteiger partial charge in [0, 0.05) is 23.8 Å². The molecule has 2 aromatic rings. The zero-order valence-corrected chi connectivity index (χ0v) is 14.1. The van der Waals surface area contributed by atoms with Gasteiger partial charge in [-0.3, -0.25) is 14.4 Å². The molecule has 2 heterocycles. The van der Waals surface area contributed by atoms with Gasteiger partial charge in [0.2, 0.25) is 5.91 Å². The van der Waals surface area contributed by atoms with Crippen molar-refractivity contribution in [2.45, 2.75) is 32.0 Å². The maximum absolute atomic E-state index is 12.3. The number of hydrogen-bond acceptors (Lipinski definition) is 3. The lowest BCUT2D eigenvalue weighted by Crippen LogP contribution is -2.40. The van der Waals surface area contributed by atoms with Gasteiger partial charge in [-0.2, -0.15) is 5.10 Å². The lowest BCUT2D eigenvalue weighted by atomic mass is 10.0. The summed E-state index contributed by atoms with van der Waals surface area (Å²) < 4.78 is 1.67. The molecule has 1 amide bonds. The first-order chi connectivity index (χ1) is 11.0. The lowest BCUT2D eigenvalue weighted by molar-refractivity contribution is -0.122. The van der Waals surface area contributed by atoms with Crippen molar-refractivity contribution in [2.24, 2.45) is 0 Å². The third-order valence-electron chi connectivity index (χ3n) is 4.27. The smallest absolute Gasteiger partial charge is 0.242 e. The topological polar surface area (TPSA) is 50.2 Å². The zero-order valence-electron chi connectivity index (χ0n) is 13.4. The molecule has 122 valence electrons. The normalized spacial score (nSPS) is 21.5. The number of aryl methyl sites for hydroxylation is 1. The number of carbonyl (C=O) groups excluding carboxylic acids is 1. The van der Waals surface area contributed by atoms with Crippen LogP contribution in [0.3, 0.4) is 0 Å². The molecular formula is C17H21ClN4O. The number of amides is 1. The molecule has 1 aromatic heterocycles. The van der Waals surface area contributed by atoms with Gasteiger partial charge in [-0.25, -0.2) is 0 Å². The number of halogens is 1. The molecule has 0 spiro atoms. The predicted octanol–water partition coefficient (Wildman–Crippen LogP) is 2.41. The minimum atomic E-state index is -0.00707. The van der Waals surface area contributed by atoms with Crippen LogP contribution in [-0.4, -0.2) is 40.2 Å². The maximum Gasteiger partial charge on any atom is 0.242 e. The van der Waals surface area contributed by atoms with Crippen LogP contribution in [0.2, 0.25) is 5.02 Å². The molecule has 0 bridgehead atoms. The molecule has 0 saturated carbocycles. The average molecular weight is 333 g/mol. The van der Waals surface area contributed by atoms with Crippen molar-refractivity contribution in [3.8, 4) is 0 Å². The third kappa shape index (κ3) is 3.74. The molecule has 1 saturated heterocycles. The van der Waals surface area contributed by atoms with Gasteiger partial charge in [0.1, 0.15) is 6.54 Å². The highest BCUT2D eigenvalue weighted by atomic mass is 35.5. The van der Waals surface area contributed by atoms with E-state index in [2.05, 4.69) is 22.4 Å². The highest BCUT2D eigenvalue weighted by Crippen LogP contribution is 2.31. The summed E-state index contributed by atoms with van der Waals surface area (Å²) in [4.78, 5) is 14.6. The second-order valence-corrected chi connectivity index (χ2v) is 6.59. The monoisotopic (exact) mass is 332 g/mol. The lowest BCUT2D eigenvalue weighted by Gasteiger charge is -2.26. The molecule has 5 nitrogen and oxygen atoms in total. The first-order valence-corrected chi connectivity index (χ1v) is 8.15. The van der Waals surface area contributed by atoms with Crippen LogP contribution in [0.5, 0.6) is 0 Å². The van der Waals surface area contributed by atoms with Gasteiger partial charge < -0.3 is 5.32 Å². The number of likely N-dealkylation sites (N-methyl/N-ethyl adjacent to an activating group) is 1. The summed E-state index contributed by atoms with van der Waals surface area (Å²) in [6.07, 6.45) is 4.57. The highest BCUT2D eigenvalue weighted by Gasteiger charge is 2.33. The first kappa shape index (κ1) is 16.0. The van der Waals surface area contributed by atoms with Crippen LogP contribution in [-0.2, 0) is 11.3 Å². The fourth-order valence-electron chi connectivity index (χ4n) is 3.20. The Bertz CT molecular complexity index is 682. The van der Waals surface area contributed by atoms with Crippen molar-refractivity contribution in [3.05, 3.63) is 52.8 Å². The quantitative estimate of drug-likeness (QED) is 0.935. The predicted molar refractivity (Wildman–Crippen MR) is 90.3 cm³/mol. The van der Waals surface area contributed by atoms with Crippen LogP contribution >= 0.6 is 11.6 Å². The van der Waals surface area contributed by atoms with Gasteiger partial charge in [-0.15, -0.1) is 0 Å². The minimum absolute atomic E-state index is 0.00707. The molecule has 0 aliphatic carbocycles. The van der Waals surface area contributed by atoms with E-state index < -0.39 is 0 Å². The molecule has 1 N–H and O–H groups in total. The van der Waals surface area contributed by atoms with Crippen molar-refractivity contribution < 1.29 is 4.79 Å². The molecule has 2 unspecified atom stereocenters. The van der Waals surface area contributed by atoms with Crippen molar-refractivity contribution in [3.63, 3.8) is 0 Å².